The highest BCUT2D eigenvalue weighted by atomic mass is 32.2. The third kappa shape index (κ3) is 6.26. The number of phenolic OH excluding ortho intramolecular Hbond substituents is 2. The SMILES string of the molecule is COc1ccc(/C=C\S(=O)CS(=O)/C=C/c2ccc(OC)c(O)c2)cc1O. The molecule has 0 radical (unpaired) electrons. The van der Waals surface area contributed by atoms with E-state index in [9.17, 15) is 18.6 Å². The molecule has 2 N–H and O–H groups in total. The highest BCUT2D eigenvalue weighted by Gasteiger charge is 2.04. The van der Waals surface area contributed by atoms with E-state index >= 15 is 0 Å². The van der Waals surface area contributed by atoms with E-state index in [4.69, 9.17) is 9.47 Å². The summed E-state index contributed by atoms with van der Waals surface area (Å²) in [6, 6.07) is 9.59. The van der Waals surface area contributed by atoms with Crippen molar-refractivity contribution in [2.75, 3.05) is 19.3 Å². The maximum Gasteiger partial charge on any atom is 0.160 e. The maximum absolute atomic E-state index is 12.0. The van der Waals surface area contributed by atoms with Gasteiger partial charge in [-0.15, -0.1) is 0 Å². The topological polar surface area (TPSA) is 93.1 Å². The Morgan fingerprint density at radius 3 is 1.56 bits per heavy atom. The van der Waals surface area contributed by atoms with Gasteiger partial charge in [0.2, 0.25) is 0 Å². The molecule has 8 heteroatoms. The van der Waals surface area contributed by atoms with Crippen LogP contribution in [-0.4, -0.2) is 37.9 Å². The first-order valence-corrected chi connectivity index (χ1v) is 10.5. The van der Waals surface area contributed by atoms with Gasteiger partial charge in [-0.3, -0.25) is 8.42 Å². The Kier molecular flexibility index (Phi) is 7.63. The van der Waals surface area contributed by atoms with Crippen LogP contribution in [0.2, 0.25) is 0 Å². The molecule has 27 heavy (non-hydrogen) atoms. The molecule has 6 nitrogen and oxygen atoms in total. The van der Waals surface area contributed by atoms with Crippen LogP contribution in [0.1, 0.15) is 11.1 Å². The molecule has 2 unspecified atom stereocenters. The number of hydrogen-bond acceptors (Lipinski definition) is 6. The quantitative estimate of drug-likeness (QED) is 0.697. The van der Waals surface area contributed by atoms with Crippen LogP contribution >= 0.6 is 0 Å². The zero-order chi connectivity index (χ0) is 19.8. The number of phenols is 2. The molecule has 0 bridgehead atoms. The molecule has 0 amide bonds. The predicted octanol–water partition coefficient (Wildman–Crippen LogP) is 3.21. The molecule has 2 aromatic rings. The van der Waals surface area contributed by atoms with Crippen molar-refractivity contribution >= 4 is 33.8 Å². The van der Waals surface area contributed by atoms with Gasteiger partial charge in [0.15, 0.2) is 23.0 Å². The predicted molar refractivity (Wildman–Crippen MR) is 109 cm³/mol. The lowest BCUT2D eigenvalue weighted by Gasteiger charge is -2.03. The maximum atomic E-state index is 12.0. The van der Waals surface area contributed by atoms with Crippen molar-refractivity contribution in [2.24, 2.45) is 0 Å². The van der Waals surface area contributed by atoms with Crippen LogP contribution in [0.4, 0.5) is 0 Å². The van der Waals surface area contributed by atoms with Crippen LogP contribution in [0, 0.1) is 0 Å². The first kappa shape index (κ1) is 20.7. The Morgan fingerprint density at radius 1 is 0.815 bits per heavy atom. The molecule has 0 aliphatic rings. The van der Waals surface area contributed by atoms with Gasteiger partial charge in [0, 0.05) is 10.8 Å². The Balaban J connectivity index is 1.94. The van der Waals surface area contributed by atoms with Crippen LogP contribution in [0.15, 0.2) is 47.2 Å². The Hall–Kier alpha value is -2.58. The largest absolute Gasteiger partial charge is 0.504 e. The summed E-state index contributed by atoms with van der Waals surface area (Å²) >= 11 is 0. The first-order valence-electron chi connectivity index (χ1n) is 7.77. The van der Waals surface area contributed by atoms with E-state index in [1.165, 1.54) is 37.2 Å². The van der Waals surface area contributed by atoms with E-state index in [1.54, 1.807) is 36.4 Å². The van der Waals surface area contributed by atoms with Gasteiger partial charge in [0.1, 0.15) is 5.08 Å². The summed E-state index contributed by atoms with van der Waals surface area (Å²) < 4.78 is 34.0. The lowest BCUT2D eigenvalue weighted by Crippen LogP contribution is -1.98. The van der Waals surface area contributed by atoms with Crippen LogP contribution in [0.5, 0.6) is 23.0 Å². The lowest BCUT2D eigenvalue weighted by atomic mass is 10.2. The monoisotopic (exact) mass is 408 g/mol. The Bertz CT molecular complexity index is 832. The standard InChI is InChI=1S/C19H20O6S2/c1-24-18-5-3-14(11-16(18)20)7-9-26(22)13-27(23)10-8-15-4-6-19(25-2)17(21)12-15/h3-12,20-21H,13H2,1-2H3/b9-7-,10-8+. The van der Waals surface area contributed by atoms with Crippen LogP contribution in [-0.2, 0) is 21.6 Å². The smallest absolute Gasteiger partial charge is 0.160 e. The minimum atomic E-state index is -1.45. The normalized spacial score (nSPS) is 13.7. The summed E-state index contributed by atoms with van der Waals surface area (Å²) in [6.45, 7) is 0. The molecule has 2 rings (SSSR count). The van der Waals surface area contributed by atoms with Crippen LogP contribution in [0.25, 0.3) is 12.2 Å². The number of rotatable bonds is 8. The number of benzene rings is 2. The second kappa shape index (κ2) is 9.94. The molecule has 0 fully saturated rings. The van der Waals surface area contributed by atoms with Gasteiger partial charge in [0.05, 0.1) is 35.8 Å². The highest BCUT2D eigenvalue weighted by Crippen LogP contribution is 2.27. The van der Waals surface area contributed by atoms with Gasteiger partial charge in [0.25, 0.3) is 0 Å². The van der Waals surface area contributed by atoms with E-state index in [2.05, 4.69) is 0 Å². The zero-order valence-corrected chi connectivity index (χ0v) is 16.5. The van der Waals surface area contributed by atoms with Gasteiger partial charge in [-0.2, -0.15) is 0 Å². The van der Waals surface area contributed by atoms with Crippen molar-refractivity contribution < 1.29 is 28.1 Å². The minimum Gasteiger partial charge on any atom is -0.504 e. The van der Waals surface area contributed by atoms with E-state index in [1.807, 2.05) is 0 Å². The first-order chi connectivity index (χ1) is 12.9. The van der Waals surface area contributed by atoms with Crippen molar-refractivity contribution in [3.63, 3.8) is 0 Å². The average Bonchev–Trinajstić information content (AvgIpc) is 2.65. The Labute approximate surface area is 162 Å². The Morgan fingerprint density at radius 2 is 1.22 bits per heavy atom. The third-order valence-electron chi connectivity index (χ3n) is 3.46. The van der Waals surface area contributed by atoms with Crippen molar-refractivity contribution in [1.82, 2.24) is 0 Å². The van der Waals surface area contributed by atoms with Gasteiger partial charge < -0.3 is 19.7 Å². The summed E-state index contributed by atoms with van der Waals surface area (Å²) in [5.41, 5.74) is 1.30. The molecule has 0 aliphatic carbocycles. The fourth-order valence-electron chi connectivity index (χ4n) is 2.12. The summed E-state index contributed by atoms with van der Waals surface area (Å²) in [7, 11) is 0.0163. The molecule has 0 aliphatic heterocycles. The van der Waals surface area contributed by atoms with Gasteiger partial charge in [-0.1, -0.05) is 12.1 Å². The molecule has 0 saturated carbocycles. The summed E-state index contributed by atoms with van der Waals surface area (Å²) in [5.74, 6) is 0.674. The third-order valence-corrected chi connectivity index (χ3v) is 6.20. The van der Waals surface area contributed by atoms with Crippen LogP contribution in [0.3, 0.4) is 0 Å². The van der Waals surface area contributed by atoms with Crippen molar-refractivity contribution in [3.8, 4) is 23.0 Å². The molecular weight excluding hydrogens is 388 g/mol. The number of ether oxygens (including phenoxy) is 2. The van der Waals surface area contributed by atoms with Gasteiger partial charge in [-0.25, -0.2) is 0 Å². The van der Waals surface area contributed by atoms with Crippen molar-refractivity contribution in [2.45, 2.75) is 0 Å². The van der Waals surface area contributed by atoms with Crippen molar-refractivity contribution in [3.05, 3.63) is 58.3 Å². The van der Waals surface area contributed by atoms with Crippen molar-refractivity contribution in [1.29, 1.82) is 0 Å². The van der Waals surface area contributed by atoms with Crippen LogP contribution < -0.4 is 9.47 Å². The minimum absolute atomic E-state index is 0.0142. The summed E-state index contributed by atoms with van der Waals surface area (Å²) in [5, 5.41) is 22.2. The fourth-order valence-corrected chi connectivity index (χ4v) is 4.29. The van der Waals surface area contributed by atoms with Gasteiger partial charge >= 0.3 is 0 Å². The average molecular weight is 408 g/mol. The molecule has 2 aromatic carbocycles. The van der Waals surface area contributed by atoms with Gasteiger partial charge in [-0.05, 0) is 47.5 Å². The second-order valence-electron chi connectivity index (χ2n) is 5.35. The zero-order valence-electron chi connectivity index (χ0n) is 14.8. The highest BCUT2D eigenvalue weighted by molar-refractivity contribution is 8.04. The molecular formula is C19H20O6S2. The summed E-state index contributed by atoms with van der Waals surface area (Å²) in [6.07, 6.45) is 3.16. The second-order valence-corrected chi connectivity index (χ2v) is 8.36. The number of hydrogen-bond donors (Lipinski definition) is 2. The van der Waals surface area contributed by atoms with E-state index in [0.717, 1.165) is 0 Å². The molecule has 2 atom stereocenters. The number of aromatic hydroxyl groups is 2. The van der Waals surface area contributed by atoms with E-state index in [-0.39, 0.29) is 16.6 Å². The molecule has 0 aromatic heterocycles. The molecule has 0 spiro atoms. The molecule has 0 heterocycles. The molecule has 144 valence electrons. The molecule has 0 saturated heterocycles. The lowest BCUT2D eigenvalue weighted by molar-refractivity contribution is 0.373. The summed E-state index contributed by atoms with van der Waals surface area (Å²) in [4.78, 5) is 0. The van der Waals surface area contributed by atoms with E-state index in [0.29, 0.717) is 22.6 Å². The fraction of sp³-hybridized carbons (Fsp3) is 0.158. The number of methoxy groups -OCH3 is 2. The van der Waals surface area contributed by atoms with E-state index < -0.39 is 21.6 Å².